The molecule has 6 aliphatic rings. The predicted molar refractivity (Wildman–Crippen MR) is 321 cm³/mol. The summed E-state index contributed by atoms with van der Waals surface area (Å²) in [6.45, 7) is 32.1. The number of benzene rings is 7. The lowest BCUT2D eigenvalue weighted by Gasteiger charge is -2.51. The van der Waals surface area contributed by atoms with Crippen LogP contribution in [0.25, 0.3) is 20.2 Å². The molecule has 2 unspecified atom stereocenters. The molecule has 3 aliphatic heterocycles. The molecule has 7 aromatic carbocycles. The van der Waals surface area contributed by atoms with Crippen LogP contribution in [0.15, 0.2) is 115 Å². The quantitative estimate of drug-likeness (QED) is 0.163. The Kier molecular flexibility index (Phi) is 9.61. The Balaban J connectivity index is 1.10. The number of hydrogen-bond donors (Lipinski definition) is 0. The van der Waals surface area contributed by atoms with Crippen molar-refractivity contribution < 1.29 is 0 Å². The molecule has 3 nitrogen and oxygen atoms in total. The first-order chi connectivity index (χ1) is 35.1. The molecule has 0 N–H and O–H groups in total. The van der Waals surface area contributed by atoms with Gasteiger partial charge in [-0.2, -0.15) is 0 Å². The Hall–Kier alpha value is -5.78. The summed E-state index contributed by atoms with van der Waals surface area (Å²) in [5.74, 6) is 0. The first-order valence-electron chi connectivity index (χ1n) is 28.2. The second-order valence-corrected chi connectivity index (χ2v) is 28.2. The summed E-state index contributed by atoms with van der Waals surface area (Å²) in [6, 6.07) is 47.0. The molecule has 1 saturated carbocycles. The van der Waals surface area contributed by atoms with Crippen molar-refractivity contribution in [2.24, 2.45) is 0 Å². The van der Waals surface area contributed by atoms with E-state index in [0.717, 1.165) is 0 Å². The van der Waals surface area contributed by atoms with E-state index in [0.29, 0.717) is 0 Å². The van der Waals surface area contributed by atoms with Crippen molar-refractivity contribution >= 4 is 100 Å². The van der Waals surface area contributed by atoms with Crippen molar-refractivity contribution in [1.82, 2.24) is 0 Å². The van der Waals surface area contributed by atoms with Crippen LogP contribution in [0, 0.1) is 20.8 Å². The largest absolute Gasteiger partial charge is 0.334 e. The Morgan fingerprint density at radius 2 is 1.04 bits per heavy atom. The van der Waals surface area contributed by atoms with Crippen LogP contribution in [0.2, 0.25) is 0 Å². The monoisotopic (exact) mass is 988 g/mol. The molecule has 4 heterocycles. The number of hydrogen-bond acceptors (Lipinski definition) is 4. The molecule has 1 aromatic heterocycles. The molecular formula is C69H74BN3S. The molecule has 3 aliphatic carbocycles. The van der Waals surface area contributed by atoms with Crippen LogP contribution in [0.3, 0.4) is 0 Å². The van der Waals surface area contributed by atoms with Crippen molar-refractivity contribution in [3.8, 4) is 0 Å². The lowest BCUT2D eigenvalue weighted by atomic mass is 9.33. The molecule has 14 rings (SSSR count). The summed E-state index contributed by atoms with van der Waals surface area (Å²) >= 11 is 1.92. The van der Waals surface area contributed by atoms with E-state index < -0.39 is 0 Å². The van der Waals surface area contributed by atoms with Gasteiger partial charge >= 0.3 is 0 Å². The van der Waals surface area contributed by atoms with E-state index >= 15 is 0 Å². The standard InChI is InChI=1S/C69H74BN3S/c1-41-33-43(3)62-56(34-41)73(69(13)28-17-16-27-68(62,69)12)45-24-26-51-54(38-45)72(53-20-18-22-60-61(53)46-19-14-15-21-59(46)74-60)58-36-42(2)35-57-63(58)70(51)52-39-49-50(67(10,11)32-31-66(49,8)9)40-55(52)71(57)44-23-25-47-48(37-44)65(6,7)30-29-64(47,4)5/h14-15,18-26,33-40H,16-17,27-32H2,1-13H3. The van der Waals surface area contributed by atoms with Crippen LogP contribution in [0.5, 0.6) is 0 Å². The van der Waals surface area contributed by atoms with E-state index in [4.69, 9.17) is 0 Å². The van der Waals surface area contributed by atoms with Crippen LogP contribution in [0.1, 0.15) is 165 Å². The van der Waals surface area contributed by atoms with Gasteiger partial charge in [-0.25, -0.2) is 0 Å². The minimum Gasteiger partial charge on any atom is -0.334 e. The minimum atomic E-state index is -0.0703. The van der Waals surface area contributed by atoms with E-state index in [1.807, 2.05) is 11.3 Å². The highest BCUT2D eigenvalue weighted by molar-refractivity contribution is 7.26. The zero-order valence-electron chi connectivity index (χ0n) is 46.5. The molecule has 0 spiro atoms. The fourth-order valence-electron chi connectivity index (χ4n) is 16.3. The molecule has 0 radical (unpaired) electrons. The maximum Gasteiger partial charge on any atom is 0.252 e. The topological polar surface area (TPSA) is 9.72 Å². The Labute approximate surface area is 446 Å². The van der Waals surface area contributed by atoms with Gasteiger partial charge in [-0.05, 0) is 216 Å². The van der Waals surface area contributed by atoms with Crippen molar-refractivity contribution in [2.75, 3.05) is 14.7 Å². The van der Waals surface area contributed by atoms with Crippen molar-refractivity contribution in [3.63, 3.8) is 0 Å². The number of rotatable bonds is 3. The Bertz CT molecular complexity index is 3760. The summed E-state index contributed by atoms with van der Waals surface area (Å²) in [6.07, 6.45) is 9.65. The second kappa shape index (κ2) is 15.2. The highest BCUT2D eigenvalue weighted by Gasteiger charge is 2.59. The lowest BCUT2D eigenvalue weighted by Crippen LogP contribution is -2.62. The van der Waals surface area contributed by atoms with E-state index in [-0.39, 0.29) is 39.3 Å². The molecule has 1 fully saturated rings. The van der Waals surface area contributed by atoms with Gasteiger partial charge in [0.1, 0.15) is 0 Å². The zero-order chi connectivity index (χ0) is 51.4. The van der Waals surface area contributed by atoms with Crippen molar-refractivity contribution in [3.05, 3.63) is 160 Å². The van der Waals surface area contributed by atoms with E-state index in [9.17, 15) is 0 Å². The van der Waals surface area contributed by atoms with Gasteiger partial charge in [-0.15, -0.1) is 11.3 Å². The average Bonchev–Trinajstić information content (AvgIpc) is 3.86. The fraction of sp³-hybridized carbons (Fsp3) is 0.391. The highest BCUT2D eigenvalue weighted by atomic mass is 32.1. The van der Waals surface area contributed by atoms with Crippen molar-refractivity contribution in [2.45, 2.75) is 174 Å². The summed E-state index contributed by atoms with van der Waals surface area (Å²) in [5, 5.41) is 2.67. The average molecular weight is 988 g/mol. The smallest absolute Gasteiger partial charge is 0.252 e. The highest BCUT2D eigenvalue weighted by Crippen LogP contribution is 2.63. The normalized spacial score (nSPS) is 23.2. The number of nitrogens with zero attached hydrogens (tertiary/aromatic N) is 3. The van der Waals surface area contributed by atoms with Crippen LogP contribution >= 0.6 is 11.3 Å². The van der Waals surface area contributed by atoms with Crippen LogP contribution in [0.4, 0.5) is 45.5 Å². The summed E-state index contributed by atoms with van der Waals surface area (Å²) < 4.78 is 2.67. The van der Waals surface area contributed by atoms with Gasteiger partial charge in [0.05, 0.1) is 11.2 Å². The molecule has 374 valence electrons. The number of fused-ring (bicyclic) bond motifs is 12. The van der Waals surface area contributed by atoms with Crippen LogP contribution in [-0.2, 0) is 27.1 Å². The van der Waals surface area contributed by atoms with Crippen molar-refractivity contribution in [1.29, 1.82) is 0 Å². The molecule has 0 amide bonds. The van der Waals surface area contributed by atoms with Gasteiger partial charge in [0.15, 0.2) is 0 Å². The van der Waals surface area contributed by atoms with E-state index in [1.165, 1.54) is 172 Å². The number of anilines is 8. The van der Waals surface area contributed by atoms with E-state index in [2.05, 4.69) is 220 Å². The van der Waals surface area contributed by atoms with Gasteiger partial charge < -0.3 is 14.7 Å². The number of aryl methyl sites for hydroxylation is 3. The maximum atomic E-state index is 2.83. The van der Waals surface area contributed by atoms with Gasteiger partial charge in [0.2, 0.25) is 0 Å². The second-order valence-electron chi connectivity index (χ2n) is 27.2. The Morgan fingerprint density at radius 1 is 0.446 bits per heavy atom. The van der Waals surface area contributed by atoms with Gasteiger partial charge in [-0.1, -0.05) is 124 Å². The first kappa shape index (κ1) is 46.7. The Morgan fingerprint density at radius 3 is 1.78 bits per heavy atom. The third-order valence-corrected chi connectivity index (χ3v) is 21.8. The van der Waals surface area contributed by atoms with Gasteiger partial charge in [0, 0.05) is 65.4 Å². The molecule has 74 heavy (non-hydrogen) atoms. The van der Waals surface area contributed by atoms with Gasteiger partial charge in [0.25, 0.3) is 6.71 Å². The molecule has 0 bridgehead atoms. The maximum absolute atomic E-state index is 2.83. The molecule has 8 aromatic rings. The SMILES string of the molecule is Cc1cc2c3c(c1)N(c1cccc4sc5ccccc5c14)c1cc(N4c5cc(C)cc(C)c5C5(C)CCCCC45C)ccc1B3c1cc3c(cc1N2c1ccc2c(c1)C(C)(C)CCC2(C)C)C(C)(C)CCC3(C)C. The molecule has 0 saturated heterocycles. The van der Waals surface area contributed by atoms with E-state index in [1.54, 1.807) is 5.56 Å². The number of thiophene rings is 1. The summed E-state index contributed by atoms with van der Waals surface area (Å²) in [4.78, 5) is 8.28. The predicted octanol–water partition coefficient (Wildman–Crippen LogP) is 17.5. The minimum absolute atomic E-state index is 0.0237. The molecule has 2 atom stereocenters. The first-order valence-corrected chi connectivity index (χ1v) is 29.0. The van der Waals surface area contributed by atoms with Crippen LogP contribution < -0.4 is 31.1 Å². The summed E-state index contributed by atoms with van der Waals surface area (Å²) in [5.41, 5.74) is 26.7. The fourth-order valence-corrected chi connectivity index (χ4v) is 17.4. The molecule has 5 heteroatoms. The van der Waals surface area contributed by atoms with Crippen LogP contribution in [-0.4, -0.2) is 12.3 Å². The summed E-state index contributed by atoms with van der Waals surface area (Å²) in [7, 11) is 0. The lowest BCUT2D eigenvalue weighted by molar-refractivity contribution is 0.194. The third kappa shape index (κ3) is 6.20. The zero-order valence-corrected chi connectivity index (χ0v) is 47.3. The van der Waals surface area contributed by atoms with Gasteiger partial charge in [-0.3, -0.25) is 0 Å². The molecular weight excluding hydrogens is 914 g/mol. The third-order valence-electron chi connectivity index (χ3n) is 20.7.